The Labute approximate surface area is 93.1 Å². The van der Waals surface area contributed by atoms with Crippen LogP contribution in [0.1, 0.15) is 20.8 Å². The second-order valence-electron chi connectivity index (χ2n) is 4.62. The Hall–Kier alpha value is -0.530. The molecule has 16 heavy (non-hydrogen) atoms. The highest BCUT2D eigenvalue weighted by molar-refractivity contribution is 5.80. The van der Waals surface area contributed by atoms with Crippen molar-refractivity contribution < 1.29 is 29.2 Å². The summed E-state index contributed by atoms with van der Waals surface area (Å²) in [4.78, 5) is 11.0. The van der Waals surface area contributed by atoms with Gasteiger partial charge in [0, 0.05) is 0 Å². The molecule has 2 N–H and O–H groups in total. The zero-order chi connectivity index (χ0) is 12.1. The van der Waals surface area contributed by atoms with Crippen molar-refractivity contribution in [1.82, 2.24) is 0 Å². The molecule has 6 nitrogen and oxygen atoms in total. The molecule has 2 saturated heterocycles. The highest BCUT2D eigenvalue weighted by atomic mass is 16.8. The fourth-order valence-corrected chi connectivity index (χ4v) is 2.01. The van der Waals surface area contributed by atoms with E-state index in [9.17, 15) is 15.0 Å². The van der Waals surface area contributed by atoms with Crippen LogP contribution in [0, 0.1) is 0 Å². The highest BCUT2D eigenvalue weighted by Crippen LogP contribution is 2.38. The first-order valence-electron chi connectivity index (χ1n) is 5.19. The summed E-state index contributed by atoms with van der Waals surface area (Å²) in [7, 11) is 0. The van der Waals surface area contributed by atoms with E-state index in [2.05, 4.69) is 0 Å². The molecule has 2 aliphatic heterocycles. The van der Waals surface area contributed by atoms with E-state index in [0.29, 0.717) is 0 Å². The predicted octanol–water partition coefficient (Wildman–Crippen LogP) is -0.826. The predicted molar refractivity (Wildman–Crippen MR) is 51.4 cm³/mol. The molecule has 5 atom stereocenters. The van der Waals surface area contributed by atoms with Gasteiger partial charge in [0.1, 0.15) is 24.4 Å². The van der Waals surface area contributed by atoms with Crippen LogP contribution in [0.3, 0.4) is 0 Å². The maximum Gasteiger partial charge on any atom is 0.190 e. The zero-order valence-electron chi connectivity index (χ0n) is 9.41. The molecule has 2 fully saturated rings. The molecule has 2 rings (SSSR count). The number of carbonyl (C=O) groups is 1. The van der Waals surface area contributed by atoms with Gasteiger partial charge in [-0.15, -0.1) is 0 Å². The Kier molecular flexibility index (Phi) is 2.80. The molecule has 0 radical (unpaired) electrons. The monoisotopic (exact) mass is 232 g/mol. The minimum Gasteiger partial charge on any atom is -0.387 e. The lowest BCUT2D eigenvalue weighted by atomic mass is 10.0. The number of hydrogen-bond donors (Lipinski definition) is 2. The first-order valence-corrected chi connectivity index (χ1v) is 5.19. The summed E-state index contributed by atoms with van der Waals surface area (Å²) in [5, 5.41) is 19.4. The number of ketones is 1. The summed E-state index contributed by atoms with van der Waals surface area (Å²) in [5.74, 6) is -1.27. The molecule has 2 aliphatic rings. The first kappa shape index (κ1) is 11.9. The number of hydrogen-bond acceptors (Lipinski definition) is 6. The Morgan fingerprint density at radius 2 is 2.00 bits per heavy atom. The maximum absolute atomic E-state index is 11.0. The third kappa shape index (κ3) is 1.87. The van der Waals surface area contributed by atoms with E-state index < -0.39 is 42.3 Å². The SMILES string of the molecule is CC(=O)C(O)[C@H]1O[C@@H]2OC(C)(C)O[C@@H]2[C@H]1O. The van der Waals surface area contributed by atoms with Gasteiger partial charge in [-0.2, -0.15) is 0 Å². The average molecular weight is 232 g/mol. The van der Waals surface area contributed by atoms with Crippen molar-refractivity contribution in [2.24, 2.45) is 0 Å². The molecular formula is C10H16O6. The third-order valence-electron chi connectivity index (χ3n) is 2.78. The van der Waals surface area contributed by atoms with Gasteiger partial charge < -0.3 is 24.4 Å². The van der Waals surface area contributed by atoms with Crippen LogP contribution in [-0.4, -0.2) is 52.5 Å². The largest absolute Gasteiger partial charge is 0.387 e. The highest BCUT2D eigenvalue weighted by Gasteiger charge is 2.56. The number of Topliss-reactive ketones (excluding diaryl/α,β-unsaturated/α-hetero) is 1. The number of ether oxygens (including phenoxy) is 3. The van der Waals surface area contributed by atoms with Gasteiger partial charge in [-0.25, -0.2) is 0 Å². The molecule has 0 bridgehead atoms. The lowest BCUT2D eigenvalue weighted by Crippen LogP contribution is -2.43. The number of aliphatic hydroxyl groups excluding tert-OH is 2. The molecule has 0 aliphatic carbocycles. The van der Waals surface area contributed by atoms with E-state index >= 15 is 0 Å². The number of carbonyl (C=O) groups excluding carboxylic acids is 1. The molecule has 0 aromatic carbocycles. The van der Waals surface area contributed by atoms with Crippen LogP contribution in [0.2, 0.25) is 0 Å². The zero-order valence-corrected chi connectivity index (χ0v) is 9.41. The molecule has 92 valence electrons. The lowest BCUT2D eigenvalue weighted by Gasteiger charge is -2.24. The maximum atomic E-state index is 11.0. The van der Waals surface area contributed by atoms with Crippen LogP contribution in [0.4, 0.5) is 0 Å². The Morgan fingerprint density at radius 3 is 2.50 bits per heavy atom. The Morgan fingerprint density at radius 1 is 1.38 bits per heavy atom. The molecule has 2 heterocycles. The van der Waals surface area contributed by atoms with Crippen LogP contribution in [0.25, 0.3) is 0 Å². The second kappa shape index (κ2) is 3.75. The van der Waals surface area contributed by atoms with Gasteiger partial charge in [0.2, 0.25) is 0 Å². The van der Waals surface area contributed by atoms with Gasteiger partial charge in [0.25, 0.3) is 0 Å². The van der Waals surface area contributed by atoms with Gasteiger partial charge >= 0.3 is 0 Å². The summed E-state index contributed by atoms with van der Waals surface area (Å²) in [6.45, 7) is 4.65. The van der Waals surface area contributed by atoms with Crippen LogP contribution < -0.4 is 0 Å². The summed E-state index contributed by atoms with van der Waals surface area (Å²) in [6.07, 6.45) is -4.79. The Balaban J connectivity index is 2.08. The van der Waals surface area contributed by atoms with Gasteiger partial charge in [-0.1, -0.05) is 0 Å². The van der Waals surface area contributed by atoms with E-state index in [0.717, 1.165) is 0 Å². The summed E-state index contributed by atoms with van der Waals surface area (Å²) in [6, 6.07) is 0. The minimum absolute atomic E-state index is 0.455. The van der Waals surface area contributed by atoms with Crippen molar-refractivity contribution in [1.29, 1.82) is 0 Å². The summed E-state index contributed by atoms with van der Waals surface area (Å²) < 4.78 is 16.1. The van der Waals surface area contributed by atoms with Crippen LogP contribution in [0.5, 0.6) is 0 Å². The van der Waals surface area contributed by atoms with Crippen molar-refractivity contribution in [2.45, 2.75) is 57.3 Å². The molecular weight excluding hydrogens is 216 g/mol. The first-order chi connectivity index (χ1) is 7.32. The van der Waals surface area contributed by atoms with Crippen LogP contribution in [0.15, 0.2) is 0 Å². The van der Waals surface area contributed by atoms with E-state index in [1.54, 1.807) is 13.8 Å². The van der Waals surface area contributed by atoms with Gasteiger partial charge in [0.15, 0.2) is 17.9 Å². The topological polar surface area (TPSA) is 85.2 Å². The fraction of sp³-hybridized carbons (Fsp3) is 0.900. The van der Waals surface area contributed by atoms with Gasteiger partial charge in [-0.05, 0) is 20.8 Å². The third-order valence-corrected chi connectivity index (χ3v) is 2.78. The smallest absolute Gasteiger partial charge is 0.190 e. The van der Waals surface area contributed by atoms with E-state index in [1.807, 2.05) is 0 Å². The number of fused-ring (bicyclic) bond motifs is 1. The van der Waals surface area contributed by atoms with Crippen molar-refractivity contribution in [3.8, 4) is 0 Å². The van der Waals surface area contributed by atoms with Crippen LogP contribution in [-0.2, 0) is 19.0 Å². The fourth-order valence-electron chi connectivity index (χ4n) is 2.01. The molecule has 0 amide bonds. The molecule has 6 heteroatoms. The summed E-state index contributed by atoms with van der Waals surface area (Å²) in [5.41, 5.74) is 0. The van der Waals surface area contributed by atoms with Gasteiger partial charge in [0.05, 0.1) is 0 Å². The van der Waals surface area contributed by atoms with Crippen molar-refractivity contribution in [3.63, 3.8) is 0 Å². The van der Waals surface area contributed by atoms with Gasteiger partial charge in [-0.3, -0.25) is 4.79 Å². The standard InChI is InChI=1S/C10H16O6/c1-4(11)5(12)7-6(13)8-9(14-7)16-10(2,3)15-8/h5-9,12-13H,1-3H3/t5?,6-,7+,8+,9+/m0/s1. The molecule has 1 unspecified atom stereocenters. The Bertz CT molecular complexity index is 302. The molecule has 0 aromatic heterocycles. The second-order valence-corrected chi connectivity index (χ2v) is 4.62. The number of rotatable bonds is 2. The quantitative estimate of drug-likeness (QED) is 0.646. The number of aliphatic hydroxyl groups is 2. The van der Waals surface area contributed by atoms with E-state index in [-0.39, 0.29) is 0 Å². The van der Waals surface area contributed by atoms with Crippen molar-refractivity contribution in [2.75, 3.05) is 0 Å². The van der Waals surface area contributed by atoms with Crippen molar-refractivity contribution in [3.05, 3.63) is 0 Å². The minimum atomic E-state index is -1.35. The molecule has 0 aromatic rings. The van der Waals surface area contributed by atoms with E-state index in [1.165, 1.54) is 6.92 Å². The normalized spacial score (nSPS) is 43.1. The van der Waals surface area contributed by atoms with Crippen molar-refractivity contribution >= 4 is 5.78 Å². The average Bonchev–Trinajstić information content (AvgIpc) is 2.60. The molecule has 0 saturated carbocycles. The van der Waals surface area contributed by atoms with E-state index in [4.69, 9.17) is 14.2 Å². The molecule has 0 spiro atoms. The van der Waals surface area contributed by atoms with Crippen LogP contribution >= 0.6 is 0 Å². The summed E-state index contributed by atoms with van der Waals surface area (Å²) >= 11 is 0. The lowest BCUT2D eigenvalue weighted by molar-refractivity contribution is -0.224.